The molecule has 0 saturated heterocycles. The van der Waals surface area contributed by atoms with Crippen molar-refractivity contribution >= 4 is 11.9 Å². The number of ether oxygens (including phenoxy) is 2. The molecule has 1 aromatic carbocycles. The number of rotatable bonds is 8. The van der Waals surface area contributed by atoms with Crippen molar-refractivity contribution in [3.63, 3.8) is 0 Å². The fraction of sp³-hybridized carbons (Fsp3) is 0.333. The van der Waals surface area contributed by atoms with Gasteiger partial charge in [-0.15, -0.1) is 10.2 Å². The molecule has 0 aliphatic rings. The molecule has 2 N–H and O–H groups in total. The summed E-state index contributed by atoms with van der Waals surface area (Å²) in [6, 6.07) is 7.99. The van der Waals surface area contributed by atoms with Crippen LogP contribution < -0.4 is 15.5 Å². The van der Waals surface area contributed by atoms with E-state index in [9.17, 15) is 22.8 Å². The second-order valence-corrected chi connectivity index (χ2v) is 5.10. The van der Waals surface area contributed by atoms with Crippen LogP contribution in [0.15, 0.2) is 43.0 Å². The van der Waals surface area contributed by atoms with Gasteiger partial charge in [0.1, 0.15) is 18.4 Å². The van der Waals surface area contributed by atoms with E-state index in [1.807, 2.05) is 5.43 Å². The molecule has 0 spiro atoms. The third kappa shape index (κ3) is 4.86. The highest BCUT2D eigenvalue weighted by molar-refractivity contribution is 5.90. The lowest BCUT2D eigenvalue weighted by Crippen LogP contribution is -2.71. The van der Waals surface area contributed by atoms with Gasteiger partial charge in [0.25, 0.3) is 5.91 Å². The van der Waals surface area contributed by atoms with E-state index in [0.29, 0.717) is 4.68 Å². The van der Waals surface area contributed by atoms with Crippen LogP contribution in [0.3, 0.4) is 0 Å². The zero-order chi connectivity index (χ0) is 19.9. The number of carbonyl (C=O) groups excluding carboxylic acids is 2. The summed E-state index contributed by atoms with van der Waals surface area (Å²) in [5, 5.41) is 8.30. The lowest BCUT2D eigenvalue weighted by atomic mass is 10.1. The van der Waals surface area contributed by atoms with Crippen LogP contribution in [0, 0.1) is 0 Å². The molecule has 9 nitrogen and oxygen atoms in total. The van der Waals surface area contributed by atoms with E-state index in [2.05, 4.69) is 14.9 Å². The van der Waals surface area contributed by atoms with Crippen LogP contribution in [0.4, 0.5) is 13.2 Å². The smallest absolute Gasteiger partial charge is 0.443 e. The highest BCUT2D eigenvalue weighted by atomic mass is 19.4. The van der Waals surface area contributed by atoms with E-state index in [0.717, 1.165) is 12.7 Å². The molecular weight excluding hydrogens is 371 g/mol. The van der Waals surface area contributed by atoms with Crippen LogP contribution in [0.2, 0.25) is 0 Å². The third-order valence-electron chi connectivity index (χ3n) is 3.16. The van der Waals surface area contributed by atoms with Crippen LogP contribution in [0.1, 0.15) is 6.92 Å². The van der Waals surface area contributed by atoms with Gasteiger partial charge >= 0.3 is 17.8 Å². The van der Waals surface area contributed by atoms with Crippen molar-refractivity contribution in [1.29, 1.82) is 0 Å². The van der Waals surface area contributed by atoms with Crippen LogP contribution >= 0.6 is 0 Å². The Hall–Kier alpha value is -3.31. The molecule has 2 aromatic rings. The fourth-order valence-electron chi connectivity index (χ4n) is 1.98. The molecule has 0 aliphatic heterocycles. The predicted octanol–water partition coefficient (Wildman–Crippen LogP) is 0.838. The number of nitrogens with one attached hydrogen (secondary N) is 2. The number of esters is 1. The summed E-state index contributed by atoms with van der Waals surface area (Å²) in [4.78, 5) is 24.2. The van der Waals surface area contributed by atoms with Gasteiger partial charge in [-0.3, -0.25) is 10.2 Å². The highest BCUT2D eigenvalue weighted by Gasteiger charge is 2.64. The number of nitrogens with zero attached hydrogens (tertiary/aromatic N) is 3. The van der Waals surface area contributed by atoms with Gasteiger partial charge in [0.2, 0.25) is 0 Å². The number of hydrogen-bond acceptors (Lipinski definition) is 7. The number of amides is 1. The first-order valence-electron chi connectivity index (χ1n) is 7.64. The number of para-hydroxylation sites is 1. The van der Waals surface area contributed by atoms with Crippen molar-refractivity contribution < 1.29 is 32.2 Å². The Bertz CT molecular complexity index is 755. The largest absolute Gasteiger partial charge is 0.484 e. The molecule has 2 rings (SSSR count). The first-order valence-corrected chi connectivity index (χ1v) is 7.64. The first-order chi connectivity index (χ1) is 12.8. The van der Waals surface area contributed by atoms with Gasteiger partial charge in [0, 0.05) is 0 Å². The highest BCUT2D eigenvalue weighted by Crippen LogP contribution is 2.30. The van der Waals surface area contributed by atoms with Gasteiger partial charge in [0.05, 0.1) is 6.61 Å². The molecule has 1 unspecified atom stereocenters. The number of halogens is 3. The molecule has 1 amide bonds. The Morgan fingerprint density at radius 3 is 2.33 bits per heavy atom. The van der Waals surface area contributed by atoms with E-state index in [-0.39, 0.29) is 12.4 Å². The van der Waals surface area contributed by atoms with Gasteiger partial charge in [-0.1, -0.05) is 18.2 Å². The van der Waals surface area contributed by atoms with Crippen LogP contribution in [-0.4, -0.2) is 51.8 Å². The minimum Gasteiger partial charge on any atom is -0.484 e. The molecule has 0 fully saturated rings. The molecule has 1 aromatic heterocycles. The normalized spacial score (nSPS) is 13.3. The summed E-state index contributed by atoms with van der Waals surface area (Å²) in [6.45, 7) is 0.236. The Kier molecular flexibility index (Phi) is 6.21. The summed E-state index contributed by atoms with van der Waals surface area (Å²) in [5.74, 6) is -2.68. The number of benzene rings is 1. The number of alkyl halides is 3. The van der Waals surface area contributed by atoms with E-state index in [1.165, 1.54) is 19.1 Å². The van der Waals surface area contributed by atoms with Gasteiger partial charge in [-0.2, -0.15) is 13.2 Å². The Labute approximate surface area is 151 Å². The molecule has 1 heterocycles. The molecule has 0 bridgehead atoms. The summed E-state index contributed by atoms with van der Waals surface area (Å²) < 4.78 is 51.7. The SMILES string of the molecule is CCOC(=O)C(NC(=O)COc1ccccc1)(Nn1cnnc1)C(F)(F)F. The average molecular weight is 387 g/mol. The predicted molar refractivity (Wildman–Crippen MR) is 84.9 cm³/mol. The number of hydrogen-bond donors (Lipinski definition) is 2. The molecular formula is C15H16F3N5O4. The molecule has 146 valence electrons. The fourth-order valence-corrected chi connectivity index (χ4v) is 1.98. The van der Waals surface area contributed by atoms with Crippen LogP contribution in [0.5, 0.6) is 5.75 Å². The monoisotopic (exact) mass is 387 g/mol. The summed E-state index contributed by atoms with van der Waals surface area (Å²) in [5.41, 5.74) is -1.74. The van der Waals surface area contributed by atoms with Gasteiger partial charge in [-0.25, -0.2) is 9.47 Å². The van der Waals surface area contributed by atoms with E-state index < -0.39 is 30.3 Å². The van der Waals surface area contributed by atoms with Crippen molar-refractivity contribution in [3.05, 3.63) is 43.0 Å². The Balaban J connectivity index is 2.24. The number of carbonyl (C=O) groups is 2. The van der Waals surface area contributed by atoms with Gasteiger partial charge < -0.3 is 14.8 Å². The van der Waals surface area contributed by atoms with Crippen molar-refractivity contribution in [1.82, 2.24) is 20.2 Å². The molecule has 12 heteroatoms. The first kappa shape index (κ1) is 20.0. The Morgan fingerprint density at radius 2 is 1.78 bits per heavy atom. The van der Waals surface area contributed by atoms with Crippen LogP contribution in [0.25, 0.3) is 0 Å². The second-order valence-electron chi connectivity index (χ2n) is 5.10. The third-order valence-corrected chi connectivity index (χ3v) is 3.16. The lowest BCUT2D eigenvalue weighted by Gasteiger charge is -2.34. The van der Waals surface area contributed by atoms with E-state index in [4.69, 9.17) is 4.74 Å². The van der Waals surface area contributed by atoms with Crippen molar-refractivity contribution in [2.75, 3.05) is 18.6 Å². The van der Waals surface area contributed by atoms with Crippen molar-refractivity contribution in [2.45, 2.75) is 18.8 Å². The average Bonchev–Trinajstić information content (AvgIpc) is 3.12. The summed E-state index contributed by atoms with van der Waals surface area (Å²) >= 11 is 0. The van der Waals surface area contributed by atoms with Gasteiger partial charge in [-0.05, 0) is 19.1 Å². The maximum atomic E-state index is 13.8. The number of aromatic nitrogens is 3. The minimum absolute atomic E-state index is 0.271. The zero-order valence-corrected chi connectivity index (χ0v) is 14.1. The van der Waals surface area contributed by atoms with Gasteiger partial charge in [0.15, 0.2) is 6.61 Å². The Morgan fingerprint density at radius 1 is 1.15 bits per heavy atom. The molecule has 0 radical (unpaired) electrons. The molecule has 0 aliphatic carbocycles. The maximum Gasteiger partial charge on any atom is 0.443 e. The zero-order valence-electron chi connectivity index (χ0n) is 14.1. The molecule has 1 atom stereocenters. The second kappa shape index (κ2) is 8.38. The van der Waals surface area contributed by atoms with Crippen molar-refractivity contribution in [2.24, 2.45) is 0 Å². The summed E-state index contributed by atoms with van der Waals surface area (Å²) in [6.07, 6.45) is -3.50. The lowest BCUT2D eigenvalue weighted by molar-refractivity contribution is -0.210. The standard InChI is InChI=1S/C15H16F3N5O4/c1-2-26-13(25)14(15(16,17)18,22-23-9-19-20-10-23)21-12(24)8-27-11-6-4-3-5-7-11/h3-7,9-10,22H,2,8H2,1H3,(H,21,24). The van der Waals surface area contributed by atoms with Crippen molar-refractivity contribution in [3.8, 4) is 5.75 Å². The maximum absolute atomic E-state index is 13.8. The van der Waals surface area contributed by atoms with E-state index in [1.54, 1.807) is 23.5 Å². The minimum atomic E-state index is -5.26. The summed E-state index contributed by atoms with van der Waals surface area (Å²) in [7, 11) is 0. The topological polar surface area (TPSA) is 107 Å². The van der Waals surface area contributed by atoms with E-state index >= 15 is 0 Å². The molecule has 0 saturated carbocycles. The van der Waals surface area contributed by atoms with Crippen LogP contribution in [-0.2, 0) is 14.3 Å². The molecule has 27 heavy (non-hydrogen) atoms. The quantitative estimate of drug-likeness (QED) is 0.511.